The lowest BCUT2D eigenvalue weighted by molar-refractivity contribution is 0.481. The van der Waals surface area contributed by atoms with Crippen molar-refractivity contribution in [2.24, 2.45) is 7.05 Å². The molecular weight excluding hydrogens is 370 g/mol. The van der Waals surface area contributed by atoms with Crippen molar-refractivity contribution in [3.8, 4) is 28.1 Å². The van der Waals surface area contributed by atoms with Crippen molar-refractivity contribution in [1.29, 1.82) is 0 Å². The highest BCUT2D eigenvalue weighted by Crippen LogP contribution is 2.38. The van der Waals surface area contributed by atoms with Crippen molar-refractivity contribution in [3.63, 3.8) is 0 Å². The number of aromatic amines is 1. The predicted octanol–water partition coefficient (Wildman–Crippen LogP) is 3.41. The highest BCUT2D eigenvalue weighted by molar-refractivity contribution is 6.04. The maximum Gasteiger partial charge on any atom is 0.338 e. The van der Waals surface area contributed by atoms with E-state index in [9.17, 15) is 14.7 Å². The molecule has 0 saturated heterocycles. The first-order chi connectivity index (χ1) is 14.1. The van der Waals surface area contributed by atoms with Gasteiger partial charge in [0, 0.05) is 24.1 Å². The molecule has 7 heteroatoms. The van der Waals surface area contributed by atoms with Crippen LogP contribution in [-0.2, 0) is 7.05 Å². The molecule has 3 heterocycles. The van der Waals surface area contributed by atoms with Crippen LogP contribution in [0.1, 0.15) is 0 Å². The third kappa shape index (κ3) is 2.48. The first-order valence-electron chi connectivity index (χ1n) is 8.95. The Morgan fingerprint density at radius 2 is 1.76 bits per heavy atom. The molecule has 0 saturated carbocycles. The van der Waals surface area contributed by atoms with Crippen LogP contribution in [0.15, 0.2) is 74.7 Å². The smallest absolute Gasteiger partial charge is 0.338 e. The molecule has 142 valence electrons. The number of aromatic nitrogens is 3. The molecule has 0 bridgehead atoms. The van der Waals surface area contributed by atoms with Gasteiger partial charge in [-0.25, -0.2) is 4.79 Å². The fraction of sp³-hybridized carbons (Fsp3) is 0.0455. The van der Waals surface area contributed by atoms with Crippen molar-refractivity contribution in [2.75, 3.05) is 0 Å². The van der Waals surface area contributed by atoms with Gasteiger partial charge in [0.25, 0.3) is 5.56 Å². The van der Waals surface area contributed by atoms with Crippen LogP contribution < -0.4 is 11.2 Å². The molecule has 5 rings (SSSR count). The van der Waals surface area contributed by atoms with Gasteiger partial charge < -0.3 is 14.1 Å². The third-order valence-electron chi connectivity index (χ3n) is 5.07. The number of nitrogens with zero attached hydrogens (tertiary/aromatic N) is 2. The SMILES string of the molecule is Cn1c(=O)c(-c2[nH]nc3oc(=O)cc(-c4ccccc4)c23)c(O)c2ccccc21. The Labute approximate surface area is 163 Å². The van der Waals surface area contributed by atoms with Crippen LogP contribution in [0.5, 0.6) is 5.75 Å². The Morgan fingerprint density at radius 3 is 2.55 bits per heavy atom. The summed E-state index contributed by atoms with van der Waals surface area (Å²) < 4.78 is 6.71. The van der Waals surface area contributed by atoms with Crippen molar-refractivity contribution >= 4 is 22.0 Å². The minimum Gasteiger partial charge on any atom is -0.506 e. The lowest BCUT2D eigenvalue weighted by atomic mass is 9.99. The van der Waals surface area contributed by atoms with Crippen LogP contribution >= 0.6 is 0 Å². The molecule has 0 aliphatic rings. The van der Waals surface area contributed by atoms with E-state index in [1.165, 1.54) is 10.6 Å². The number of H-pyrrole nitrogens is 1. The minimum absolute atomic E-state index is 0.0692. The number of aromatic hydroxyl groups is 1. The molecule has 0 radical (unpaired) electrons. The molecule has 0 atom stereocenters. The zero-order chi connectivity index (χ0) is 20.1. The largest absolute Gasteiger partial charge is 0.506 e. The molecule has 7 nitrogen and oxygen atoms in total. The Balaban J connectivity index is 1.94. The van der Waals surface area contributed by atoms with E-state index in [2.05, 4.69) is 10.2 Å². The summed E-state index contributed by atoms with van der Waals surface area (Å²) in [5.41, 5.74) is 1.44. The number of rotatable bonds is 2. The second-order valence-electron chi connectivity index (χ2n) is 6.73. The number of benzene rings is 2. The van der Waals surface area contributed by atoms with Gasteiger partial charge >= 0.3 is 5.63 Å². The highest BCUT2D eigenvalue weighted by Gasteiger charge is 2.23. The monoisotopic (exact) mass is 385 g/mol. The number of hydrogen-bond donors (Lipinski definition) is 2. The standard InChI is InChI=1S/C22H15N3O4/c1-25-15-10-6-5-9-13(15)20(27)18(22(25)28)19-17-14(12-7-3-2-4-8-12)11-16(26)29-21(17)24-23-19/h2-11,27H,1H3,(H,23,24). The summed E-state index contributed by atoms with van der Waals surface area (Å²) in [6, 6.07) is 17.7. The molecule has 3 aromatic heterocycles. The van der Waals surface area contributed by atoms with E-state index < -0.39 is 11.2 Å². The maximum atomic E-state index is 13.1. The Hall–Kier alpha value is -4.13. The summed E-state index contributed by atoms with van der Waals surface area (Å²) in [6.07, 6.45) is 0. The number of hydrogen-bond acceptors (Lipinski definition) is 5. The van der Waals surface area contributed by atoms with Gasteiger partial charge in [-0.05, 0) is 17.7 Å². The molecule has 0 amide bonds. The lowest BCUT2D eigenvalue weighted by Gasteiger charge is -2.11. The maximum absolute atomic E-state index is 13.1. The predicted molar refractivity (Wildman–Crippen MR) is 110 cm³/mol. The lowest BCUT2D eigenvalue weighted by Crippen LogP contribution is -2.19. The van der Waals surface area contributed by atoms with Crippen LogP contribution in [0, 0.1) is 0 Å². The first kappa shape index (κ1) is 17.0. The van der Waals surface area contributed by atoms with E-state index in [0.717, 1.165) is 5.56 Å². The number of aryl methyl sites for hydroxylation is 1. The van der Waals surface area contributed by atoms with Crippen LogP contribution in [0.25, 0.3) is 44.4 Å². The van der Waals surface area contributed by atoms with Gasteiger partial charge in [0.15, 0.2) is 0 Å². The summed E-state index contributed by atoms with van der Waals surface area (Å²) in [4.78, 5) is 25.2. The topological polar surface area (TPSA) is 101 Å². The van der Waals surface area contributed by atoms with Gasteiger partial charge in [0.05, 0.1) is 16.6 Å². The molecule has 0 aliphatic carbocycles. The molecule has 29 heavy (non-hydrogen) atoms. The highest BCUT2D eigenvalue weighted by atomic mass is 16.4. The second-order valence-corrected chi connectivity index (χ2v) is 6.73. The van der Waals surface area contributed by atoms with Crippen molar-refractivity contribution < 1.29 is 9.52 Å². The Bertz CT molecular complexity index is 1510. The van der Waals surface area contributed by atoms with Crippen LogP contribution in [0.3, 0.4) is 0 Å². The number of pyridine rings is 1. The molecule has 5 aromatic rings. The molecule has 2 N–H and O–H groups in total. The zero-order valence-electron chi connectivity index (χ0n) is 15.3. The summed E-state index contributed by atoms with van der Waals surface area (Å²) in [5.74, 6) is -0.153. The average Bonchev–Trinajstić information content (AvgIpc) is 3.16. The normalized spacial score (nSPS) is 11.3. The third-order valence-corrected chi connectivity index (χ3v) is 5.07. The molecule has 0 unspecified atom stereocenters. The summed E-state index contributed by atoms with van der Waals surface area (Å²) in [5, 5.41) is 18.8. The van der Waals surface area contributed by atoms with Gasteiger partial charge in [-0.1, -0.05) is 42.5 Å². The van der Waals surface area contributed by atoms with E-state index in [1.54, 1.807) is 31.3 Å². The second kappa shape index (κ2) is 6.20. The molecule has 0 aliphatic heterocycles. The molecule has 0 fully saturated rings. The van der Waals surface area contributed by atoms with Gasteiger partial charge in [-0.2, -0.15) is 0 Å². The van der Waals surface area contributed by atoms with Crippen LogP contribution in [-0.4, -0.2) is 19.9 Å². The molecular formula is C22H15N3O4. The van der Waals surface area contributed by atoms with Gasteiger partial charge in [-0.15, -0.1) is 5.10 Å². The van der Waals surface area contributed by atoms with Crippen molar-refractivity contribution in [2.45, 2.75) is 0 Å². The fourth-order valence-corrected chi connectivity index (χ4v) is 3.69. The minimum atomic E-state index is -0.551. The Kier molecular flexibility index (Phi) is 3.64. The van der Waals surface area contributed by atoms with E-state index >= 15 is 0 Å². The van der Waals surface area contributed by atoms with E-state index in [4.69, 9.17) is 4.42 Å². The number of para-hydroxylation sites is 1. The van der Waals surface area contributed by atoms with Gasteiger partial charge in [-0.3, -0.25) is 9.89 Å². The zero-order valence-corrected chi connectivity index (χ0v) is 15.3. The molecule has 2 aromatic carbocycles. The van der Waals surface area contributed by atoms with E-state index in [-0.39, 0.29) is 17.0 Å². The first-order valence-corrected chi connectivity index (χ1v) is 8.95. The van der Waals surface area contributed by atoms with E-state index in [1.807, 2.05) is 30.3 Å². The Morgan fingerprint density at radius 1 is 1.03 bits per heavy atom. The number of fused-ring (bicyclic) bond motifs is 2. The van der Waals surface area contributed by atoms with Crippen molar-refractivity contribution in [1.82, 2.24) is 14.8 Å². The summed E-state index contributed by atoms with van der Waals surface area (Å²) >= 11 is 0. The molecule has 0 spiro atoms. The van der Waals surface area contributed by atoms with Gasteiger partial charge in [0.2, 0.25) is 5.71 Å². The van der Waals surface area contributed by atoms with Crippen LogP contribution in [0.4, 0.5) is 0 Å². The van der Waals surface area contributed by atoms with Gasteiger partial charge in [0.1, 0.15) is 11.3 Å². The quantitative estimate of drug-likeness (QED) is 0.485. The average molecular weight is 385 g/mol. The summed E-state index contributed by atoms with van der Waals surface area (Å²) in [6.45, 7) is 0. The number of nitrogens with one attached hydrogen (secondary N) is 1. The summed E-state index contributed by atoms with van der Waals surface area (Å²) in [7, 11) is 1.64. The fourth-order valence-electron chi connectivity index (χ4n) is 3.69. The van der Waals surface area contributed by atoms with Crippen molar-refractivity contribution in [3.05, 3.63) is 81.4 Å². The van der Waals surface area contributed by atoms with E-state index in [0.29, 0.717) is 27.5 Å². The van der Waals surface area contributed by atoms with Crippen LogP contribution in [0.2, 0.25) is 0 Å².